The van der Waals surface area contributed by atoms with Crippen LogP contribution in [0.4, 0.5) is 34.1 Å². The summed E-state index contributed by atoms with van der Waals surface area (Å²) in [6.45, 7) is 0. The smallest absolute Gasteiger partial charge is 0.159 e. The predicted octanol–water partition coefficient (Wildman–Crippen LogP) is 15.1. The van der Waals surface area contributed by atoms with Crippen molar-refractivity contribution in [3.63, 3.8) is 0 Å². The van der Waals surface area contributed by atoms with Crippen molar-refractivity contribution in [2.24, 2.45) is 0 Å². The maximum atomic E-state index is 6.87. The fraction of sp³-hybridized carbons (Fsp3) is 0. The normalized spacial score (nSPS) is 12.9. The molecule has 0 N–H and O–H groups in total. The van der Waals surface area contributed by atoms with E-state index in [1.54, 1.807) is 0 Å². The third kappa shape index (κ3) is 4.66. The Hall–Kier alpha value is -7.56. The second kappa shape index (κ2) is 12.0. The number of benzene rings is 10. The van der Waals surface area contributed by atoms with Gasteiger partial charge >= 0.3 is 0 Å². The van der Waals surface area contributed by atoms with Crippen LogP contribution in [0.1, 0.15) is 0 Å². The van der Waals surface area contributed by atoms with Crippen LogP contribution >= 0.6 is 0 Å². The second-order valence-corrected chi connectivity index (χ2v) is 14.5. The van der Waals surface area contributed by atoms with Gasteiger partial charge in [-0.2, -0.15) is 0 Å². The summed E-state index contributed by atoms with van der Waals surface area (Å²) in [5.41, 5.74) is 8.33. The van der Waals surface area contributed by atoms with E-state index in [0.717, 1.165) is 84.4 Å². The Labute approximate surface area is 323 Å². The highest BCUT2D eigenvalue weighted by Gasteiger charge is 2.31. The van der Waals surface area contributed by atoms with Crippen LogP contribution in [0.5, 0.6) is 23.0 Å². The first kappa shape index (κ1) is 30.9. The Morgan fingerprint density at radius 3 is 1.48 bits per heavy atom. The van der Waals surface area contributed by atoms with E-state index in [2.05, 4.69) is 204 Å². The average Bonchev–Trinajstić information content (AvgIpc) is 3.26. The molecule has 4 nitrogen and oxygen atoms in total. The maximum Gasteiger partial charge on any atom is 0.159 e. The molecule has 10 aromatic rings. The van der Waals surface area contributed by atoms with Gasteiger partial charge in [0.25, 0.3) is 0 Å². The molecule has 0 fully saturated rings. The first-order valence-corrected chi connectivity index (χ1v) is 19.0. The highest BCUT2D eigenvalue weighted by Crippen LogP contribution is 2.56. The molecule has 2 heterocycles. The third-order valence-electron chi connectivity index (χ3n) is 11.3. The predicted molar refractivity (Wildman–Crippen MR) is 231 cm³/mol. The van der Waals surface area contributed by atoms with Crippen LogP contribution in [-0.2, 0) is 0 Å². The summed E-state index contributed by atoms with van der Waals surface area (Å²) in [6.07, 6.45) is 0. The number of rotatable bonds is 3. The molecular weight excluding hydrogens is 685 g/mol. The van der Waals surface area contributed by atoms with Crippen molar-refractivity contribution in [3.05, 3.63) is 194 Å². The summed E-state index contributed by atoms with van der Waals surface area (Å²) in [6, 6.07) is 69.0. The molecule has 12 rings (SSSR count). The van der Waals surface area contributed by atoms with Gasteiger partial charge in [0.15, 0.2) is 23.0 Å². The molecule has 0 atom stereocenters. The molecule has 4 heteroatoms. The molecule has 0 amide bonds. The minimum absolute atomic E-state index is 0.801. The van der Waals surface area contributed by atoms with Gasteiger partial charge in [-0.05, 0) is 92.7 Å². The summed E-state index contributed by atoms with van der Waals surface area (Å²) in [4.78, 5) is 4.72. The lowest BCUT2D eigenvalue weighted by atomic mass is 9.98. The Bertz CT molecular complexity index is 3230. The minimum atomic E-state index is 0.801. The number of hydrogen-bond donors (Lipinski definition) is 0. The Morgan fingerprint density at radius 2 is 0.768 bits per heavy atom. The Kier molecular flexibility index (Phi) is 6.60. The van der Waals surface area contributed by atoms with Crippen molar-refractivity contribution in [2.75, 3.05) is 9.80 Å². The number of hydrogen-bond acceptors (Lipinski definition) is 4. The van der Waals surface area contributed by atoms with Gasteiger partial charge in [-0.15, -0.1) is 0 Å². The third-order valence-corrected chi connectivity index (χ3v) is 11.3. The Balaban J connectivity index is 1.04. The fourth-order valence-corrected chi connectivity index (χ4v) is 8.71. The molecule has 0 aliphatic carbocycles. The van der Waals surface area contributed by atoms with E-state index in [0.29, 0.717) is 0 Å². The van der Waals surface area contributed by atoms with E-state index in [9.17, 15) is 0 Å². The zero-order valence-electron chi connectivity index (χ0n) is 30.2. The van der Waals surface area contributed by atoms with Crippen LogP contribution < -0.4 is 19.3 Å². The van der Waals surface area contributed by atoms with Crippen molar-refractivity contribution in [2.45, 2.75) is 0 Å². The summed E-state index contributed by atoms with van der Waals surface area (Å²) < 4.78 is 13.7. The van der Waals surface area contributed by atoms with E-state index in [1.165, 1.54) is 26.9 Å². The summed E-state index contributed by atoms with van der Waals surface area (Å²) in [5, 5.41) is 9.27. The van der Waals surface area contributed by atoms with Crippen molar-refractivity contribution >= 4 is 77.2 Å². The first-order valence-electron chi connectivity index (χ1n) is 19.0. The van der Waals surface area contributed by atoms with Gasteiger partial charge in [-0.1, -0.05) is 140 Å². The largest absolute Gasteiger partial charge is 0.453 e. The number of nitrogens with zero attached hydrogens (tertiary/aromatic N) is 2. The molecule has 0 saturated carbocycles. The molecule has 0 aromatic heterocycles. The highest BCUT2D eigenvalue weighted by molar-refractivity contribution is 6.06. The van der Waals surface area contributed by atoms with Crippen molar-refractivity contribution in [1.29, 1.82) is 0 Å². The van der Waals surface area contributed by atoms with Gasteiger partial charge in [-0.3, -0.25) is 0 Å². The summed E-state index contributed by atoms with van der Waals surface area (Å²) in [5.74, 6) is 3.29. The van der Waals surface area contributed by atoms with Crippen LogP contribution in [0.25, 0.3) is 54.2 Å². The summed E-state index contributed by atoms with van der Waals surface area (Å²) >= 11 is 0. The lowest BCUT2D eigenvalue weighted by molar-refractivity contribution is 0.478. The van der Waals surface area contributed by atoms with E-state index in [1.807, 2.05) is 0 Å². The van der Waals surface area contributed by atoms with Gasteiger partial charge in [0, 0.05) is 16.2 Å². The zero-order valence-corrected chi connectivity index (χ0v) is 30.2. The fourth-order valence-electron chi connectivity index (χ4n) is 8.71. The highest BCUT2D eigenvalue weighted by atomic mass is 16.5. The van der Waals surface area contributed by atoms with Crippen molar-refractivity contribution < 1.29 is 9.47 Å². The lowest BCUT2D eigenvalue weighted by Crippen LogP contribution is -2.17. The van der Waals surface area contributed by atoms with E-state index in [-0.39, 0.29) is 0 Å². The standard InChI is InChI=1S/C52H32N2O2/c1-2-15-37-31-51-48(29-36(37)14-1)53(43-21-9-16-33-11-3-6-18-40(33)43)45-26-24-39(32-50(45)55-51)38-25-28-49-47(30-38)54(44-22-10-17-34-12-4-7-19-41(34)44)46-27-23-35-13-5-8-20-42(35)52(46)56-49/h1-32H. The molecule has 262 valence electrons. The van der Waals surface area contributed by atoms with Gasteiger partial charge < -0.3 is 19.3 Å². The molecule has 0 spiro atoms. The van der Waals surface area contributed by atoms with Gasteiger partial charge in [-0.25, -0.2) is 0 Å². The maximum absolute atomic E-state index is 6.87. The zero-order chi connectivity index (χ0) is 36.7. The van der Waals surface area contributed by atoms with Crippen LogP contribution in [0.2, 0.25) is 0 Å². The SMILES string of the molecule is c1ccc2cc3c(cc2c1)Oc1cc(-c2ccc4c(c2)N(c2cccc5ccccc25)c2ccc5ccccc5c2O4)ccc1N3c1cccc2ccccc12. The van der Waals surface area contributed by atoms with Crippen molar-refractivity contribution in [3.8, 4) is 34.1 Å². The van der Waals surface area contributed by atoms with Crippen LogP contribution in [-0.4, -0.2) is 0 Å². The van der Waals surface area contributed by atoms with E-state index >= 15 is 0 Å². The number of anilines is 6. The molecule has 0 radical (unpaired) electrons. The average molecular weight is 717 g/mol. The number of fused-ring (bicyclic) bond motifs is 9. The lowest BCUT2D eigenvalue weighted by Gasteiger charge is -2.35. The topological polar surface area (TPSA) is 24.9 Å². The molecule has 56 heavy (non-hydrogen) atoms. The summed E-state index contributed by atoms with van der Waals surface area (Å²) in [7, 11) is 0. The molecule has 10 aromatic carbocycles. The van der Waals surface area contributed by atoms with E-state index in [4.69, 9.17) is 9.47 Å². The van der Waals surface area contributed by atoms with Crippen molar-refractivity contribution in [1.82, 2.24) is 0 Å². The molecule has 0 bridgehead atoms. The van der Waals surface area contributed by atoms with Crippen LogP contribution in [0.15, 0.2) is 194 Å². The second-order valence-electron chi connectivity index (χ2n) is 14.5. The molecular formula is C52H32N2O2. The quantitative estimate of drug-likeness (QED) is 0.182. The van der Waals surface area contributed by atoms with Gasteiger partial charge in [0.1, 0.15) is 0 Å². The Morgan fingerprint density at radius 1 is 0.268 bits per heavy atom. The van der Waals surface area contributed by atoms with Crippen LogP contribution in [0, 0.1) is 0 Å². The molecule has 0 unspecified atom stereocenters. The molecule has 2 aliphatic heterocycles. The van der Waals surface area contributed by atoms with Crippen LogP contribution in [0.3, 0.4) is 0 Å². The monoisotopic (exact) mass is 716 g/mol. The van der Waals surface area contributed by atoms with E-state index < -0.39 is 0 Å². The van der Waals surface area contributed by atoms with Gasteiger partial charge in [0.2, 0.25) is 0 Å². The molecule has 0 saturated heterocycles. The van der Waals surface area contributed by atoms with Gasteiger partial charge in [0.05, 0.1) is 34.1 Å². The molecule has 2 aliphatic rings. The minimum Gasteiger partial charge on any atom is -0.453 e. The number of ether oxygens (including phenoxy) is 2. The first-order chi connectivity index (χ1) is 27.7.